The van der Waals surface area contributed by atoms with Crippen LogP contribution in [0.15, 0.2) is 83.6 Å². The Hall–Kier alpha value is -4.63. The molecular formula is C31H28ClN3O6. The van der Waals surface area contributed by atoms with Crippen LogP contribution in [0.5, 0.6) is 0 Å². The first kappa shape index (κ1) is 27.9. The number of nitrogens with one attached hydrogen (secondary N) is 2. The summed E-state index contributed by atoms with van der Waals surface area (Å²) in [5.41, 5.74) is 4.87. The first-order valence-electron chi connectivity index (χ1n) is 13.0. The lowest BCUT2D eigenvalue weighted by Crippen LogP contribution is -2.40. The van der Waals surface area contributed by atoms with Crippen molar-refractivity contribution in [2.45, 2.75) is 38.0 Å². The van der Waals surface area contributed by atoms with Crippen molar-refractivity contribution in [3.05, 3.63) is 112 Å². The Bertz CT molecular complexity index is 1570. The molecule has 0 bridgehead atoms. The zero-order chi connectivity index (χ0) is 28.9. The van der Waals surface area contributed by atoms with Gasteiger partial charge in [0.1, 0.15) is 24.0 Å². The van der Waals surface area contributed by atoms with E-state index in [1.165, 1.54) is 13.4 Å². The molecule has 2 amide bonds. The molecule has 1 aliphatic rings. The second-order valence-electron chi connectivity index (χ2n) is 9.67. The summed E-state index contributed by atoms with van der Waals surface area (Å²) in [5, 5.41) is 10.3. The SMILES string of the molecule is COC(=O)C1c2ccccc2CC1NC(=O)c1ccc(-c2nocc2CNC(=O)OC(C)c2ccccc2Cl)cc1. The highest BCUT2D eigenvalue weighted by Gasteiger charge is 2.39. The molecule has 0 saturated heterocycles. The van der Waals surface area contributed by atoms with E-state index in [1.807, 2.05) is 30.3 Å². The summed E-state index contributed by atoms with van der Waals surface area (Å²) in [6.07, 6.45) is 0.828. The number of alkyl carbamates (subject to hydrolysis) is 1. The van der Waals surface area contributed by atoms with Crippen LogP contribution in [0.4, 0.5) is 4.79 Å². The summed E-state index contributed by atoms with van der Waals surface area (Å²) in [4.78, 5) is 38.0. The minimum atomic E-state index is -0.615. The fraction of sp³-hybridized carbons (Fsp3) is 0.226. The summed E-state index contributed by atoms with van der Waals surface area (Å²) in [5.74, 6) is -1.25. The number of hydrogen-bond donors (Lipinski definition) is 2. The zero-order valence-electron chi connectivity index (χ0n) is 22.4. The van der Waals surface area contributed by atoms with Crippen molar-refractivity contribution in [2.24, 2.45) is 0 Å². The van der Waals surface area contributed by atoms with Gasteiger partial charge in [0, 0.05) is 27.3 Å². The Kier molecular flexibility index (Phi) is 8.35. The molecule has 210 valence electrons. The number of hydrogen-bond acceptors (Lipinski definition) is 7. The molecule has 1 aromatic heterocycles. The van der Waals surface area contributed by atoms with Crippen molar-refractivity contribution in [1.82, 2.24) is 15.8 Å². The van der Waals surface area contributed by atoms with E-state index in [4.69, 9.17) is 25.6 Å². The Morgan fingerprint density at radius 2 is 1.78 bits per heavy atom. The van der Waals surface area contributed by atoms with Gasteiger partial charge in [0.05, 0.1) is 19.7 Å². The third kappa shape index (κ3) is 6.10. The molecule has 3 aromatic carbocycles. The smallest absolute Gasteiger partial charge is 0.408 e. The second kappa shape index (κ2) is 12.3. The van der Waals surface area contributed by atoms with Gasteiger partial charge in [-0.1, -0.05) is 71.4 Å². The molecule has 3 atom stereocenters. The van der Waals surface area contributed by atoms with Gasteiger partial charge in [0.25, 0.3) is 5.91 Å². The van der Waals surface area contributed by atoms with Crippen LogP contribution in [0.3, 0.4) is 0 Å². The van der Waals surface area contributed by atoms with Gasteiger partial charge in [-0.05, 0) is 42.7 Å². The molecule has 2 N–H and O–H groups in total. The van der Waals surface area contributed by atoms with E-state index in [-0.39, 0.29) is 18.4 Å². The first-order valence-corrected chi connectivity index (χ1v) is 13.4. The third-order valence-electron chi connectivity index (χ3n) is 7.12. The number of methoxy groups -OCH3 is 1. The normalized spacial score (nSPS) is 16.4. The van der Waals surface area contributed by atoms with Crippen LogP contribution in [0, 0.1) is 0 Å². The molecule has 0 spiro atoms. The fourth-order valence-corrected chi connectivity index (χ4v) is 5.33. The molecule has 0 saturated carbocycles. The van der Waals surface area contributed by atoms with Crippen LogP contribution in [0.25, 0.3) is 11.3 Å². The highest BCUT2D eigenvalue weighted by molar-refractivity contribution is 6.31. The Morgan fingerprint density at radius 3 is 2.54 bits per heavy atom. The second-order valence-corrected chi connectivity index (χ2v) is 10.1. The zero-order valence-corrected chi connectivity index (χ0v) is 23.2. The molecule has 0 aliphatic heterocycles. The van der Waals surface area contributed by atoms with E-state index in [2.05, 4.69) is 15.8 Å². The number of carbonyl (C=O) groups is 3. The molecule has 9 nitrogen and oxygen atoms in total. The van der Waals surface area contributed by atoms with Gasteiger partial charge < -0.3 is 24.6 Å². The van der Waals surface area contributed by atoms with Crippen molar-refractivity contribution in [3.63, 3.8) is 0 Å². The van der Waals surface area contributed by atoms with Crippen LogP contribution in [0.1, 0.15) is 51.6 Å². The quantitative estimate of drug-likeness (QED) is 0.263. The molecule has 0 fully saturated rings. The van der Waals surface area contributed by atoms with Crippen LogP contribution >= 0.6 is 11.6 Å². The summed E-state index contributed by atoms with van der Waals surface area (Å²) >= 11 is 6.19. The van der Waals surface area contributed by atoms with Gasteiger partial charge in [-0.3, -0.25) is 9.59 Å². The van der Waals surface area contributed by atoms with E-state index < -0.39 is 24.2 Å². The Morgan fingerprint density at radius 1 is 1.05 bits per heavy atom. The first-order chi connectivity index (χ1) is 19.9. The lowest BCUT2D eigenvalue weighted by Gasteiger charge is -2.20. The predicted octanol–water partition coefficient (Wildman–Crippen LogP) is 5.59. The number of amides is 2. The molecule has 1 heterocycles. The van der Waals surface area contributed by atoms with Crippen molar-refractivity contribution >= 4 is 29.6 Å². The number of ether oxygens (including phenoxy) is 2. The average Bonchev–Trinajstić information content (AvgIpc) is 3.60. The summed E-state index contributed by atoms with van der Waals surface area (Å²) in [7, 11) is 1.35. The number of halogens is 1. The number of fused-ring (bicyclic) bond motifs is 1. The van der Waals surface area contributed by atoms with Gasteiger partial charge >= 0.3 is 12.1 Å². The number of rotatable bonds is 8. The lowest BCUT2D eigenvalue weighted by atomic mass is 9.98. The number of carbonyl (C=O) groups excluding carboxylic acids is 3. The highest BCUT2D eigenvalue weighted by Crippen LogP contribution is 2.34. The van der Waals surface area contributed by atoms with E-state index in [1.54, 1.807) is 49.4 Å². The number of nitrogens with zero attached hydrogens (tertiary/aromatic N) is 1. The Balaban J connectivity index is 1.21. The Labute approximate surface area is 241 Å². The van der Waals surface area contributed by atoms with Crippen LogP contribution in [-0.4, -0.2) is 36.3 Å². The standard InChI is InChI=1S/C31H28ClN3O6/c1-18(23-8-5-6-10-25(23)32)41-31(38)33-16-22-17-40-35-28(22)19-11-13-20(14-12-19)29(36)34-26-15-21-7-3-4-9-24(21)27(26)30(37)39-2/h3-14,17-18,26-27H,15-16H2,1-2H3,(H,33,38)(H,34,36). The van der Waals surface area contributed by atoms with Gasteiger partial charge in [0.15, 0.2) is 0 Å². The third-order valence-corrected chi connectivity index (χ3v) is 7.46. The van der Waals surface area contributed by atoms with Crippen molar-refractivity contribution in [1.29, 1.82) is 0 Å². The molecule has 4 aromatic rings. The monoisotopic (exact) mass is 573 g/mol. The molecule has 1 aliphatic carbocycles. The molecular weight excluding hydrogens is 546 g/mol. The largest absolute Gasteiger partial charge is 0.468 e. The molecule has 5 rings (SSSR count). The molecule has 10 heteroatoms. The van der Waals surface area contributed by atoms with Crippen LogP contribution in [0.2, 0.25) is 5.02 Å². The predicted molar refractivity (Wildman–Crippen MR) is 151 cm³/mol. The summed E-state index contributed by atoms with van der Waals surface area (Å²) in [6, 6.07) is 21.2. The topological polar surface area (TPSA) is 120 Å². The minimum Gasteiger partial charge on any atom is -0.468 e. The molecule has 3 unspecified atom stereocenters. The van der Waals surface area contributed by atoms with E-state index in [9.17, 15) is 14.4 Å². The average molecular weight is 574 g/mol. The fourth-order valence-electron chi connectivity index (χ4n) is 5.04. The maximum atomic E-state index is 13.1. The highest BCUT2D eigenvalue weighted by atomic mass is 35.5. The maximum absolute atomic E-state index is 13.1. The molecule has 0 radical (unpaired) electrons. The van der Waals surface area contributed by atoms with Crippen molar-refractivity contribution in [3.8, 4) is 11.3 Å². The summed E-state index contributed by atoms with van der Waals surface area (Å²) in [6.45, 7) is 1.86. The van der Waals surface area contributed by atoms with Gasteiger partial charge in [-0.2, -0.15) is 0 Å². The van der Waals surface area contributed by atoms with E-state index >= 15 is 0 Å². The lowest BCUT2D eigenvalue weighted by molar-refractivity contribution is -0.142. The van der Waals surface area contributed by atoms with E-state index in [0.29, 0.717) is 39.4 Å². The van der Waals surface area contributed by atoms with Gasteiger partial charge in [-0.25, -0.2) is 4.79 Å². The van der Waals surface area contributed by atoms with Crippen molar-refractivity contribution in [2.75, 3.05) is 7.11 Å². The van der Waals surface area contributed by atoms with Crippen LogP contribution < -0.4 is 10.6 Å². The van der Waals surface area contributed by atoms with Crippen LogP contribution in [-0.2, 0) is 27.2 Å². The minimum absolute atomic E-state index is 0.117. The summed E-state index contributed by atoms with van der Waals surface area (Å²) < 4.78 is 15.6. The number of benzene rings is 3. The maximum Gasteiger partial charge on any atom is 0.408 e. The molecule has 41 heavy (non-hydrogen) atoms. The van der Waals surface area contributed by atoms with Crippen molar-refractivity contribution < 1.29 is 28.4 Å². The number of esters is 1. The number of aromatic nitrogens is 1. The van der Waals surface area contributed by atoms with Gasteiger partial charge in [-0.15, -0.1) is 0 Å². The van der Waals surface area contributed by atoms with E-state index in [0.717, 1.165) is 11.1 Å². The van der Waals surface area contributed by atoms with Gasteiger partial charge in [0.2, 0.25) is 0 Å².